The molecule has 0 bridgehead atoms. The van der Waals surface area contributed by atoms with E-state index in [-0.39, 0.29) is 27.3 Å². The van der Waals surface area contributed by atoms with Crippen LogP contribution in [0.2, 0.25) is 0 Å². The molecular formula is C2H4N2PbS2. The van der Waals surface area contributed by atoms with Gasteiger partial charge in [-0.25, -0.2) is 0 Å². The molecular weight excluding hydrogens is 323 g/mol. The molecule has 0 aliphatic rings. The number of hydrogen-bond acceptors (Lipinski definition) is 4. The van der Waals surface area contributed by atoms with E-state index in [1.165, 1.54) is 10.8 Å². The van der Waals surface area contributed by atoms with Crippen LogP contribution in [0, 0.1) is 21.3 Å². The van der Waals surface area contributed by atoms with Gasteiger partial charge in [0.2, 0.25) is 0 Å². The summed E-state index contributed by atoms with van der Waals surface area (Å²) in [4.78, 5) is 0. The summed E-state index contributed by atoms with van der Waals surface area (Å²) in [6, 6.07) is 0. The first-order valence-corrected chi connectivity index (χ1v) is 1.79. The Kier molecular flexibility index (Phi) is 68.4. The molecule has 0 aliphatic heterocycles. The van der Waals surface area contributed by atoms with Crippen LogP contribution in [0.5, 0.6) is 0 Å². The minimum atomic E-state index is 0. The van der Waals surface area contributed by atoms with Crippen molar-refractivity contribution in [1.82, 2.24) is 0 Å². The molecule has 0 atom stereocenters. The molecule has 7 heavy (non-hydrogen) atoms. The number of nitriles is 2. The molecule has 0 aromatic rings. The molecule has 0 aliphatic carbocycles. The summed E-state index contributed by atoms with van der Waals surface area (Å²) in [5.74, 6) is 0. The van der Waals surface area contributed by atoms with Crippen molar-refractivity contribution in [2.75, 3.05) is 0 Å². The van der Waals surface area contributed by atoms with Crippen molar-refractivity contribution >= 4 is 52.6 Å². The Morgan fingerprint density at radius 1 is 1.00 bits per heavy atom. The van der Waals surface area contributed by atoms with E-state index in [4.69, 9.17) is 10.5 Å². The second-order valence-corrected chi connectivity index (χ2v) is 0.600. The zero-order valence-electron chi connectivity index (χ0n) is 3.50. The van der Waals surface area contributed by atoms with Crippen LogP contribution in [0.1, 0.15) is 0 Å². The van der Waals surface area contributed by atoms with Gasteiger partial charge in [0.25, 0.3) is 0 Å². The molecule has 0 saturated carbocycles. The first-order chi connectivity index (χ1) is 2.83. The van der Waals surface area contributed by atoms with Crippen molar-refractivity contribution < 1.29 is 0 Å². The van der Waals surface area contributed by atoms with Crippen molar-refractivity contribution in [3.8, 4) is 10.8 Å². The number of thiocyanates is 2. The van der Waals surface area contributed by atoms with Gasteiger partial charge in [0, 0.05) is 0 Å². The van der Waals surface area contributed by atoms with Gasteiger partial charge in [-0.3, -0.25) is 0 Å². The van der Waals surface area contributed by atoms with Gasteiger partial charge in [0.15, 0.2) is 0 Å². The van der Waals surface area contributed by atoms with Crippen LogP contribution in [-0.4, -0.2) is 27.3 Å². The number of thiol groups is 2. The molecule has 0 fully saturated rings. The van der Waals surface area contributed by atoms with E-state index in [1.54, 1.807) is 0 Å². The van der Waals surface area contributed by atoms with Crippen LogP contribution >= 0.6 is 25.3 Å². The third kappa shape index (κ3) is 386. The van der Waals surface area contributed by atoms with E-state index < -0.39 is 0 Å². The van der Waals surface area contributed by atoms with Gasteiger partial charge in [-0.1, -0.05) is 25.3 Å². The normalized spacial score (nSPS) is 2.29. The van der Waals surface area contributed by atoms with Crippen LogP contribution in [0.15, 0.2) is 0 Å². The van der Waals surface area contributed by atoms with Gasteiger partial charge in [0.1, 0.15) is 10.8 Å². The first kappa shape index (κ1) is 15.6. The van der Waals surface area contributed by atoms with Crippen molar-refractivity contribution in [3.63, 3.8) is 0 Å². The van der Waals surface area contributed by atoms with E-state index in [2.05, 4.69) is 25.3 Å². The fraction of sp³-hybridized carbons (Fsp3) is 0. The van der Waals surface area contributed by atoms with Crippen LogP contribution in [-0.2, 0) is 0 Å². The predicted molar refractivity (Wildman–Crippen MR) is 37.7 cm³/mol. The Bertz CT molecular complexity index is 68.7. The molecule has 0 rings (SSSR count). The number of rotatable bonds is 0. The monoisotopic (exact) mass is 328 g/mol. The summed E-state index contributed by atoms with van der Waals surface area (Å²) in [5.41, 5.74) is 0. The van der Waals surface area contributed by atoms with E-state index in [1.807, 2.05) is 0 Å². The molecule has 5 heteroatoms. The third-order valence-corrected chi connectivity index (χ3v) is 0. The van der Waals surface area contributed by atoms with Gasteiger partial charge >= 0.3 is 27.3 Å². The molecule has 2 nitrogen and oxygen atoms in total. The third-order valence-electron chi connectivity index (χ3n) is 0. The van der Waals surface area contributed by atoms with E-state index >= 15 is 0 Å². The van der Waals surface area contributed by atoms with Crippen LogP contribution in [0.25, 0.3) is 0 Å². The second kappa shape index (κ2) is 30.6. The van der Waals surface area contributed by atoms with E-state index in [0.29, 0.717) is 0 Å². The maximum absolute atomic E-state index is 7.18. The number of hydrogen-bond donors (Lipinski definition) is 2. The Labute approximate surface area is 73.5 Å². The maximum atomic E-state index is 7.18. The molecule has 0 saturated heterocycles. The molecule has 0 N–H and O–H groups in total. The Morgan fingerprint density at radius 2 is 1.00 bits per heavy atom. The quantitative estimate of drug-likeness (QED) is 0.370. The minimum absolute atomic E-state index is 0. The standard InChI is InChI=1S/2CHNS.Pb.2H/c2*2-1-3;;;/h2*3H;;;. The zero-order chi connectivity index (χ0) is 5.41. The van der Waals surface area contributed by atoms with Crippen molar-refractivity contribution in [3.05, 3.63) is 0 Å². The average Bonchev–Trinajstić information content (AvgIpc) is 1.39. The van der Waals surface area contributed by atoms with Gasteiger partial charge in [-0.05, 0) is 0 Å². The summed E-state index contributed by atoms with van der Waals surface area (Å²) in [5, 5.41) is 17.3. The summed E-state index contributed by atoms with van der Waals surface area (Å²) in [6.45, 7) is 0. The fourth-order valence-corrected chi connectivity index (χ4v) is 0. The predicted octanol–water partition coefficient (Wildman–Crippen LogP) is -0.122. The molecule has 0 spiro atoms. The fourth-order valence-electron chi connectivity index (χ4n) is 0. The van der Waals surface area contributed by atoms with Gasteiger partial charge in [-0.15, -0.1) is 0 Å². The van der Waals surface area contributed by atoms with Crippen molar-refractivity contribution in [2.45, 2.75) is 0 Å². The van der Waals surface area contributed by atoms with Crippen LogP contribution in [0.3, 0.4) is 0 Å². The summed E-state index contributed by atoms with van der Waals surface area (Å²) in [6.07, 6.45) is 0. The SMILES string of the molecule is N#CS.N#CS.[PbH2]. The molecule has 0 aromatic carbocycles. The molecule has 38 valence electrons. The molecule has 0 heterocycles. The van der Waals surface area contributed by atoms with Crippen LogP contribution < -0.4 is 0 Å². The Balaban J connectivity index is -0.0000000400. The van der Waals surface area contributed by atoms with Gasteiger partial charge < -0.3 is 0 Å². The van der Waals surface area contributed by atoms with E-state index in [9.17, 15) is 0 Å². The summed E-state index contributed by atoms with van der Waals surface area (Å²) >= 11 is 6.19. The molecule has 0 amide bonds. The van der Waals surface area contributed by atoms with Crippen LogP contribution in [0.4, 0.5) is 0 Å². The Morgan fingerprint density at radius 3 is 1.00 bits per heavy atom. The van der Waals surface area contributed by atoms with E-state index in [0.717, 1.165) is 0 Å². The average molecular weight is 327 g/mol. The second-order valence-electron chi connectivity index (χ2n) is 0.200. The van der Waals surface area contributed by atoms with Gasteiger partial charge in [-0.2, -0.15) is 10.5 Å². The van der Waals surface area contributed by atoms with Crippen molar-refractivity contribution in [2.24, 2.45) is 0 Å². The topological polar surface area (TPSA) is 47.6 Å². The Hall–Kier alpha value is 0.602. The molecule has 0 unspecified atom stereocenters. The summed E-state index contributed by atoms with van der Waals surface area (Å²) < 4.78 is 0. The number of nitrogens with zero attached hydrogens (tertiary/aromatic N) is 2. The first-order valence-electron chi connectivity index (χ1n) is 0.894. The zero-order valence-corrected chi connectivity index (χ0v) is 10.8. The summed E-state index contributed by atoms with van der Waals surface area (Å²) in [7, 11) is 0. The van der Waals surface area contributed by atoms with Crippen molar-refractivity contribution in [1.29, 1.82) is 10.5 Å². The molecule has 2 radical (unpaired) electrons. The molecule has 0 aromatic heterocycles. The van der Waals surface area contributed by atoms with Gasteiger partial charge in [0.05, 0.1) is 0 Å².